The standard InChI is InChI=1S/C23H25FN2O4/c24-19-7-3-18(4-8-19)23(28)26-11-1-2-20(26)16-30-21-9-5-17(6-10-21)22(27)25-12-14-29-15-13-25/h3-10,20H,1-2,11-16H2. The number of morpholine rings is 1. The minimum atomic E-state index is -0.358. The molecule has 0 N–H and O–H groups in total. The second-order valence-electron chi connectivity index (χ2n) is 7.54. The Morgan fingerprint density at radius 1 is 0.933 bits per heavy atom. The van der Waals surface area contributed by atoms with Gasteiger partial charge in [0.25, 0.3) is 11.8 Å². The Balaban J connectivity index is 1.34. The van der Waals surface area contributed by atoms with Crippen LogP contribution in [0.25, 0.3) is 0 Å². The lowest BCUT2D eigenvalue weighted by Gasteiger charge is -2.27. The molecule has 2 aromatic carbocycles. The predicted octanol–water partition coefficient (Wildman–Crippen LogP) is 2.98. The van der Waals surface area contributed by atoms with Crippen molar-refractivity contribution in [2.75, 3.05) is 39.5 Å². The number of ether oxygens (including phenoxy) is 2. The molecule has 2 saturated heterocycles. The van der Waals surface area contributed by atoms with Gasteiger partial charge in [-0.1, -0.05) is 0 Å². The first-order valence-corrected chi connectivity index (χ1v) is 10.3. The summed E-state index contributed by atoms with van der Waals surface area (Å²) in [5.41, 5.74) is 1.10. The summed E-state index contributed by atoms with van der Waals surface area (Å²) in [7, 11) is 0. The highest BCUT2D eigenvalue weighted by Crippen LogP contribution is 2.22. The number of hydrogen-bond donors (Lipinski definition) is 0. The second kappa shape index (κ2) is 9.26. The third-order valence-electron chi connectivity index (χ3n) is 5.57. The van der Waals surface area contributed by atoms with Crippen molar-refractivity contribution in [3.63, 3.8) is 0 Å². The molecule has 1 atom stereocenters. The lowest BCUT2D eigenvalue weighted by atomic mass is 10.1. The monoisotopic (exact) mass is 412 g/mol. The first-order valence-electron chi connectivity index (χ1n) is 10.3. The maximum Gasteiger partial charge on any atom is 0.254 e. The van der Waals surface area contributed by atoms with Gasteiger partial charge in [0.05, 0.1) is 19.3 Å². The number of amides is 2. The number of benzene rings is 2. The first-order chi connectivity index (χ1) is 14.6. The molecule has 2 aromatic rings. The van der Waals surface area contributed by atoms with Crippen LogP contribution in [0.2, 0.25) is 0 Å². The summed E-state index contributed by atoms with van der Waals surface area (Å²) >= 11 is 0. The summed E-state index contributed by atoms with van der Waals surface area (Å²) in [5, 5.41) is 0. The third kappa shape index (κ3) is 4.62. The molecule has 0 aromatic heterocycles. The van der Waals surface area contributed by atoms with Gasteiger partial charge in [-0.05, 0) is 61.4 Å². The van der Waals surface area contributed by atoms with Crippen LogP contribution in [-0.4, -0.2) is 67.1 Å². The van der Waals surface area contributed by atoms with Crippen LogP contribution < -0.4 is 4.74 Å². The Labute approximate surface area is 175 Å². The average Bonchev–Trinajstić information content (AvgIpc) is 3.27. The quantitative estimate of drug-likeness (QED) is 0.758. The van der Waals surface area contributed by atoms with Crippen molar-refractivity contribution >= 4 is 11.8 Å². The van der Waals surface area contributed by atoms with Crippen molar-refractivity contribution in [1.82, 2.24) is 9.80 Å². The summed E-state index contributed by atoms with van der Waals surface area (Å²) < 4.78 is 24.3. The predicted molar refractivity (Wildman–Crippen MR) is 109 cm³/mol. The maximum atomic E-state index is 13.1. The smallest absolute Gasteiger partial charge is 0.254 e. The van der Waals surface area contributed by atoms with Crippen LogP contribution in [0.5, 0.6) is 5.75 Å². The molecule has 0 saturated carbocycles. The van der Waals surface area contributed by atoms with Crippen LogP contribution in [0.15, 0.2) is 48.5 Å². The molecule has 2 aliphatic heterocycles. The fraction of sp³-hybridized carbons (Fsp3) is 0.391. The van der Waals surface area contributed by atoms with Crippen LogP contribution in [0.4, 0.5) is 4.39 Å². The molecule has 0 bridgehead atoms. The molecule has 158 valence electrons. The molecular formula is C23H25FN2O4. The van der Waals surface area contributed by atoms with Gasteiger partial charge < -0.3 is 19.3 Å². The molecule has 0 spiro atoms. The van der Waals surface area contributed by atoms with E-state index in [1.54, 1.807) is 34.1 Å². The van der Waals surface area contributed by atoms with E-state index in [0.717, 1.165) is 12.8 Å². The van der Waals surface area contributed by atoms with E-state index in [-0.39, 0.29) is 23.7 Å². The lowest BCUT2D eigenvalue weighted by molar-refractivity contribution is 0.0303. The van der Waals surface area contributed by atoms with Gasteiger partial charge in [-0.25, -0.2) is 4.39 Å². The van der Waals surface area contributed by atoms with E-state index >= 15 is 0 Å². The summed E-state index contributed by atoms with van der Waals surface area (Å²) in [4.78, 5) is 28.8. The Morgan fingerprint density at radius 2 is 1.57 bits per heavy atom. The largest absolute Gasteiger partial charge is 0.491 e. The van der Waals surface area contributed by atoms with E-state index in [2.05, 4.69) is 0 Å². The maximum absolute atomic E-state index is 13.1. The van der Waals surface area contributed by atoms with Crippen molar-refractivity contribution in [2.24, 2.45) is 0 Å². The number of likely N-dealkylation sites (tertiary alicyclic amines) is 1. The lowest BCUT2D eigenvalue weighted by Crippen LogP contribution is -2.40. The number of carbonyl (C=O) groups excluding carboxylic acids is 2. The van der Waals surface area contributed by atoms with Gasteiger partial charge in [-0.15, -0.1) is 0 Å². The van der Waals surface area contributed by atoms with E-state index in [1.807, 2.05) is 0 Å². The van der Waals surface area contributed by atoms with Gasteiger partial charge in [0.15, 0.2) is 0 Å². The van der Waals surface area contributed by atoms with Gasteiger partial charge in [0.1, 0.15) is 18.2 Å². The summed E-state index contributed by atoms with van der Waals surface area (Å²) in [5.74, 6) is 0.197. The highest BCUT2D eigenvalue weighted by atomic mass is 19.1. The minimum Gasteiger partial charge on any atom is -0.491 e. The molecule has 4 rings (SSSR count). The fourth-order valence-electron chi connectivity index (χ4n) is 3.87. The van der Waals surface area contributed by atoms with Crippen molar-refractivity contribution in [1.29, 1.82) is 0 Å². The van der Waals surface area contributed by atoms with Crippen LogP contribution in [0, 0.1) is 5.82 Å². The second-order valence-corrected chi connectivity index (χ2v) is 7.54. The van der Waals surface area contributed by atoms with E-state index in [9.17, 15) is 14.0 Å². The fourth-order valence-corrected chi connectivity index (χ4v) is 3.87. The van der Waals surface area contributed by atoms with Crippen LogP contribution in [-0.2, 0) is 4.74 Å². The van der Waals surface area contributed by atoms with Crippen LogP contribution in [0.1, 0.15) is 33.6 Å². The number of hydrogen-bond acceptors (Lipinski definition) is 4. The molecule has 0 radical (unpaired) electrons. The van der Waals surface area contributed by atoms with Gasteiger partial charge in [0, 0.05) is 30.8 Å². The Morgan fingerprint density at radius 3 is 2.27 bits per heavy atom. The van der Waals surface area contributed by atoms with Crippen molar-refractivity contribution in [3.8, 4) is 5.75 Å². The molecule has 6 nitrogen and oxygen atoms in total. The zero-order chi connectivity index (χ0) is 20.9. The summed E-state index contributed by atoms with van der Waals surface area (Å²) in [6.45, 7) is 3.40. The van der Waals surface area contributed by atoms with Crippen molar-refractivity contribution < 1.29 is 23.5 Å². The summed E-state index contributed by atoms with van der Waals surface area (Å²) in [6.07, 6.45) is 1.77. The Hall–Kier alpha value is -2.93. The highest BCUT2D eigenvalue weighted by Gasteiger charge is 2.30. The van der Waals surface area contributed by atoms with Gasteiger partial charge in [-0.2, -0.15) is 0 Å². The number of halogens is 1. The average molecular weight is 412 g/mol. The van der Waals surface area contributed by atoms with Crippen molar-refractivity contribution in [2.45, 2.75) is 18.9 Å². The molecular weight excluding hydrogens is 387 g/mol. The van der Waals surface area contributed by atoms with Crippen molar-refractivity contribution in [3.05, 3.63) is 65.5 Å². The molecule has 2 fully saturated rings. The minimum absolute atomic E-state index is 0.00304. The van der Waals surface area contributed by atoms with E-state index in [4.69, 9.17) is 9.47 Å². The molecule has 7 heteroatoms. The van der Waals surface area contributed by atoms with E-state index in [0.29, 0.717) is 56.3 Å². The van der Waals surface area contributed by atoms with Gasteiger partial charge >= 0.3 is 0 Å². The Kier molecular flexibility index (Phi) is 6.28. The van der Waals surface area contributed by atoms with Gasteiger partial charge in [-0.3, -0.25) is 9.59 Å². The SMILES string of the molecule is O=C(c1ccc(OCC2CCCN2C(=O)c2ccc(F)cc2)cc1)N1CCOCC1. The van der Waals surface area contributed by atoms with Gasteiger partial charge in [0.2, 0.25) is 0 Å². The highest BCUT2D eigenvalue weighted by molar-refractivity contribution is 5.95. The third-order valence-corrected chi connectivity index (χ3v) is 5.57. The van der Waals surface area contributed by atoms with E-state index in [1.165, 1.54) is 24.3 Å². The van der Waals surface area contributed by atoms with Crippen LogP contribution in [0.3, 0.4) is 0 Å². The van der Waals surface area contributed by atoms with E-state index < -0.39 is 0 Å². The topological polar surface area (TPSA) is 59.1 Å². The normalized spacial score (nSPS) is 19.0. The molecule has 2 heterocycles. The first kappa shape index (κ1) is 20.3. The molecule has 2 amide bonds. The number of nitrogens with zero attached hydrogens (tertiary/aromatic N) is 2. The zero-order valence-electron chi connectivity index (χ0n) is 16.8. The molecule has 2 aliphatic rings. The summed E-state index contributed by atoms with van der Waals surface area (Å²) in [6, 6.07) is 12.7. The number of carbonyl (C=O) groups is 2. The molecule has 1 unspecified atom stereocenters. The molecule has 30 heavy (non-hydrogen) atoms. The van der Waals surface area contributed by atoms with Crippen LogP contribution >= 0.6 is 0 Å². The zero-order valence-corrected chi connectivity index (χ0v) is 16.8. The molecule has 0 aliphatic carbocycles. The Bertz CT molecular complexity index is 879. The number of rotatable bonds is 5.